The summed E-state index contributed by atoms with van der Waals surface area (Å²) >= 11 is 0. The molecule has 0 amide bonds. The van der Waals surface area contributed by atoms with Gasteiger partial charge in [-0.15, -0.1) is 0 Å². The van der Waals surface area contributed by atoms with Crippen molar-refractivity contribution >= 4 is 27.6 Å². The fourth-order valence-corrected chi connectivity index (χ4v) is 4.72. The van der Waals surface area contributed by atoms with E-state index in [-0.39, 0.29) is 0 Å². The van der Waals surface area contributed by atoms with Gasteiger partial charge in [-0.25, -0.2) is 0 Å². The molecule has 0 unspecified atom stereocenters. The van der Waals surface area contributed by atoms with Crippen LogP contribution in [0.5, 0.6) is 0 Å². The Labute approximate surface area is 167 Å². The summed E-state index contributed by atoms with van der Waals surface area (Å²) in [7, 11) is 0. The van der Waals surface area contributed by atoms with Crippen LogP contribution in [0, 0.1) is 0 Å². The van der Waals surface area contributed by atoms with Gasteiger partial charge in [0.1, 0.15) is 0 Å². The number of allylic oxidation sites excluding steroid dienone is 1. The van der Waals surface area contributed by atoms with E-state index in [4.69, 9.17) is 0 Å². The molecule has 2 aliphatic carbocycles. The van der Waals surface area contributed by atoms with Crippen molar-refractivity contribution in [1.82, 2.24) is 0 Å². The quantitative estimate of drug-likeness (QED) is 0.284. The normalized spacial score (nSPS) is 14.9. The van der Waals surface area contributed by atoms with E-state index in [0.717, 1.165) is 0 Å². The maximum Gasteiger partial charge on any atom is -0.0102 e. The zero-order chi connectivity index (χ0) is 18.8. The lowest BCUT2D eigenvalue weighted by Crippen LogP contribution is -2.02. The second-order valence-corrected chi connectivity index (χ2v) is 7.93. The molecule has 0 aliphatic heterocycles. The first-order chi connectivity index (χ1) is 13.9. The topological polar surface area (TPSA) is 0 Å². The predicted octanol–water partition coefficient (Wildman–Crippen LogP) is 7.52. The molecule has 0 heterocycles. The third-order valence-corrected chi connectivity index (χ3v) is 6.19. The molecule has 0 saturated carbocycles. The summed E-state index contributed by atoms with van der Waals surface area (Å²) in [4.78, 5) is 0. The highest BCUT2D eigenvalue weighted by Gasteiger charge is 2.13. The van der Waals surface area contributed by atoms with E-state index in [0.29, 0.717) is 0 Å². The van der Waals surface area contributed by atoms with Crippen LogP contribution in [0.3, 0.4) is 0 Å². The number of fused-ring (bicyclic) bond motifs is 6. The molecule has 138 valence electrons. The van der Waals surface area contributed by atoms with E-state index in [1.54, 1.807) is 11.1 Å². The predicted molar refractivity (Wildman–Crippen MR) is 122 cm³/mol. The first-order valence-corrected chi connectivity index (χ1v) is 10.6. The first-order valence-electron chi connectivity index (χ1n) is 10.6. The third kappa shape index (κ3) is 3.24. The minimum Gasteiger partial charge on any atom is -0.0836 e. The lowest BCUT2D eigenvalue weighted by Gasteiger charge is -2.18. The molecule has 0 radical (unpaired) electrons. The molecule has 2 aliphatic rings. The second kappa shape index (κ2) is 7.64. The van der Waals surface area contributed by atoms with Crippen LogP contribution in [0.15, 0.2) is 78.9 Å². The monoisotopic (exact) mass is 362 g/mol. The van der Waals surface area contributed by atoms with Crippen molar-refractivity contribution in [2.24, 2.45) is 0 Å². The van der Waals surface area contributed by atoms with Gasteiger partial charge in [0, 0.05) is 0 Å². The number of hydrogen-bond acceptors (Lipinski definition) is 0. The van der Waals surface area contributed by atoms with Gasteiger partial charge in [-0.1, -0.05) is 84.9 Å². The molecule has 0 fully saturated rings. The van der Waals surface area contributed by atoms with Crippen LogP contribution in [0.25, 0.3) is 27.6 Å². The van der Waals surface area contributed by atoms with Gasteiger partial charge < -0.3 is 0 Å². The van der Waals surface area contributed by atoms with Gasteiger partial charge in [-0.3, -0.25) is 0 Å². The molecule has 4 aromatic carbocycles. The summed E-state index contributed by atoms with van der Waals surface area (Å²) in [6.45, 7) is 0. The zero-order valence-electron chi connectivity index (χ0n) is 16.3. The van der Waals surface area contributed by atoms with Crippen molar-refractivity contribution in [1.29, 1.82) is 0 Å². The summed E-state index contributed by atoms with van der Waals surface area (Å²) in [6.07, 6.45) is 12.1. The fourth-order valence-electron chi connectivity index (χ4n) is 4.72. The minimum absolute atomic E-state index is 1.21. The van der Waals surface area contributed by atoms with Gasteiger partial charge in [-0.2, -0.15) is 0 Å². The Morgan fingerprint density at radius 1 is 0.536 bits per heavy atom. The molecule has 0 aromatic heterocycles. The van der Waals surface area contributed by atoms with E-state index < -0.39 is 0 Å². The van der Waals surface area contributed by atoms with Crippen LogP contribution in [-0.2, 0) is 19.3 Å². The van der Waals surface area contributed by atoms with E-state index in [1.165, 1.54) is 71.2 Å². The van der Waals surface area contributed by atoms with Gasteiger partial charge in [0.2, 0.25) is 0 Å². The maximum absolute atomic E-state index is 2.35. The van der Waals surface area contributed by atoms with Crippen molar-refractivity contribution in [3.63, 3.8) is 0 Å². The summed E-state index contributed by atoms with van der Waals surface area (Å²) in [5, 5.41) is 5.64. The van der Waals surface area contributed by atoms with Crippen LogP contribution in [0.4, 0.5) is 0 Å². The number of rotatable bonds is 0. The molecule has 6 rings (SSSR count). The molecule has 0 bridgehead atoms. The van der Waals surface area contributed by atoms with Crippen LogP contribution in [0.1, 0.15) is 41.5 Å². The lowest BCUT2D eigenvalue weighted by atomic mass is 9.86. The minimum atomic E-state index is 1.21. The van der Waals surface area contributed by atoms with Crippen molar-refractivity contribution in [2.75, 3.05) is 0 Å². The Bertz CT molecular complexity index is 1160. The number of hydrogen-bond donors (Lipinski definition) is 0. The average Bonchev–Trinajstić information content (AvgIpc) is 2.79. The molecular weight excluding hydrogens is 336 g/mol. The van der Waals surface area contributed by atoms with E-state index in [9.17, 15) is 0 Å². The molecule has 0 N–H and O–H groups in total. The largest absolute Gasteiger partial charge is 0.0836 e. The summed E-state index contributed by atoms with van der Waals surface area (Å²) < 4.78 is 0. The van der Waals surface area contributed by atoms with Crippen molar-refractivity contribution in [3.05, 3.63) is 101 Å². The fraction of sp³-hybridized carbons (Fsp3) is 0.214. The maximum atomic E-state index is 2.35. The zero-order valence-corrected chi connectivity index (χ0v) is 16.3. The molecule has 0 saturated heterocycles. The highest BCUT2D eigenvalue weighted by atomic mass is 14.2. The van der Waals surface area contributed by atoms with Crippen molar-refractivity contribution < 1.29 is 0 Å². The third-order valence-electron chi connectivity index (χ3n) is 6.19. The van der Waals surface area contributed by atoms with Crippen LogP contribution < -0.4 is 0 Å². The molecule has 28 heavy (non-hydrogen) atoms. The Morgan fingerprint density at radius 3 is 2.32 bits per heavy atom. The molecule has 0 spiro atoms. The summed E-state index contributed by atoms with van der Waals surface area (Å²) in [5.74, 6) is 0. The van der Waals surface area contributed by atoms with Crippen molar-refractivity contribution in [3.8, 4) is 0 Å². The van der Waals surface area contributed by atoms with Gasteiger partial charge >= 0.3 is 0 Å². The van der Waals surface area contributed by atoms with Gasteiger partial charge in [0.25, 0.3) is 0 Å². The lowest BCUT2D eigenvalue weighted by molar-refractivity contribution is 0.690. The molecular formula is C28H26. The first kappa shape index (κ1) is 17.3. The van der Waals surface area contributed by atoms with Crippen LogP contribution in [0.2, 0.25) is 0 Å². The Kier molecular flexibility index (Phi) is 4.71. The average molecular weight is 363 g/mol. The second-order valence-electron chi connectivity index (χ2n) is 7.93. The molecule has 0 nitrogen and oxygen atoms in total. The van der Waals surface area contributed by atoms with Crippen LogP contribution >= 0.6 is 0 Å². The smallest absolute Gasteiger partial charge is 0.0102 e. The molecule has 0 atom stereocenters. The highest BCUT2D eigenvalue weighted by Crippen LogP contribution is 2.33. The Morgan fingerprint density at radius 2 is 1.36 bits per heavy atom. The van der Waals surface area contributed by atoms with Crippen LogP contribution in [-0.4, -0.2) is 0 Å². The highest BCUT2D eigenvalue weighted by molar-refractivity contribution is 6.08. The number of aryl methyl sites for hydroxylation is 3. The molecule has 4 aromatic rings. The van der Waals surface area contributed by atoms with Gasteiger partial charge in [0.15, 0.2) is 0 Å². The standard InChI is InChI=1S/C18H16.C10H10/c1-3-7-15-13(5-1)9-11-18-16-8-4-2-6-14(16)10-12-17(15)18;1-2-6-10-8-4-3-7-9(10)5-1/h1,3,5,7,9-12H,2,4,6,8H2;1-3,5-7H,4,8H2. The van der Waals surface area contributed by atoms with Crippen molar-refractivity contribution in [2.45, 2.75) is 38.5 Å². The van der Waals surface area contributed by atoms with E-state index in [1.807, 2.05) is 0 Å². The van der Waals surface area contributed by atoms with E-state index in [2.05, 4.69) is 84.9 Å². The summed E-state index contributed by atoms with van der Waals surface area (Å²) in [5.41, 5.74) is 6.06. The summed E-state index contributed by atoms with van der Waals surface area (Å²) in [6, 6.07) is 26.5. The Balaban J connectivity index is 0.000000145. The van der Waals surface area contributed by atoms with Gasteiger partial charge in [0.05, 0.1) is 0 Å². The Hall–Kier alpha value is -2.86. The van der Waals surface area contributed by atoms with E-state index >= 15 is 0 Å². The molecule has 0 heteroatoms. The SMILES string of the molecule is C1=Cc2ccccc2CC1.c1ccc2c(c1)ccc1c3c(ccc12)CCCC3. The van der Waals surface area contributed by atoms with Gasteiger partial charge in [-0.05, 0) is 82.3 Å². The number of benzene rings is 4.